The topological polar surface area (TPSA) is 119 Å². The second-order valence-electron chi connectivity index (χ2n) is 7.38. The standard InChI is InChI=1S/C17H27N5O3/c1-10-19-9-13(14(18)23)15(20-10)21-11-5-7-12(8-6-11)22-16(24)25-17(2,3)4/h9,11-12H,5-8H2,1-4H3,(H2,18,23)(H,22,24)(H,19,20,21). The maximum atomic E-state index is 11.8. The van der Waals surface area contributed by atoms with E-state index in [0.717, 1.165) is 25.7 Å². The first kappa shape index (κ1) is 19.0. The van der Waals surface area contributed by atoms with Crippen LogP contribution < -0.4 is 16.4 Å². The summed E-state index contributed by atoms with van der Waals surface area (Å²) in [6, 6.07) is 0.264. The van der Waals surface area contributed by atoms with Gasteiger partial charge in [-0.2, -0.15) is 0 Å². The second kappa shape index (κ2) is 7.67. The molecule has 0 bridgehead atoms. The molecule has 8 nitrogen and oxygen atoms in total. The maximum absolute atomic E-state index is 11.8. The molecule has 2 rings (SSSR count). The van der Waals surface area contributed by atoms with Gasteiger partial charge in [0.2, 0.25) is 0 Å². The molecule has 1 saturated carbocycles. The minimum atomic E-state index is -0.553. The molecular weight excluding hydrogens is 322 g/mol. The van der Waals surface area contributed by atoms with E-state index >= 15 is 0 Å². The van der Waals surface area contributed by atoms with Crippen LogP contribution in [0.15, 0.2) is 6.20 Å². The Balaban J connectivity index is 1.88. The molecule has 1 fully saturated rings. The molecule has 1 heterocycles. The zero-order valence-corrected chi connectivity index (χ0v) is 15.3. The van der Waals surface area contributed by atoms with Crippen molar-refractivity contribution >= 4 is 17.8 Å². The molecule has 0 aromatic carbocycles. The Morgan fingerprint density at radius 2 is 1.80 bits per heavy atom. The fourth-order valence-electron chi connectivity index (χ4n) is 2.81. The van der Waals surface area contributed by atoms with Gasteiger partial charge in [-0.3, -0.25) is 4.79 Å². The Morgan fingerprint density at radius 1 is 1.20 bits per heavy atom. The first-order valence-corrected chi connectivity index (χ1v) is 8.53. The highest BCUT2D eigenvalue weighted by molar-refractivity contribution is 5.97. The fourth-order valence-corrected chi connectivity index (χ4v) is 2.81. The van der Waals surface area contributed by atoms with Crippen LogP contribution in [0.1, 0.15) is 62.6 Å². The summed E-state index contributed by atoms with van der Waals surface area (Å²) in [6.07, 6.45) is 4.41. The van der Waals surface area contributed by atoms with Crippen LogP contribution in [0.2, 0.25) is 0 Å². The molecule has 0 unspecified atom stereocenters. The predicted octanol–water partition coefficient (Wildman–Crippen LogP) is 2.13. The average molecular weight is 349 g/mol. The number of primary amides is 1. The van der Waals surface area contributed by atoms with Gasteiger partial charge in [-0.05, 0) is 53.4 Å². The lowest BCUT2D eigenvalue weighted by Crippen LogP contribution is -2.42. The summed E-state index contributed by atoms with van der Waals surface area (Å²) in [5, 5.41) is 6.20. The minimum Gasteiger partial charge on any atom is -0.444 e. The molecule has 1 aromatic heterocycles. The van der Waals surface area contributed by atoms with Gasteiger partial charge in [0.1, 0.15) is 17.2 Å². The van der Waals surface area contributed by atoms with E-state index in [1.807, 2.05) is 20.8 Å². The van der Waals surface area contributed by atoms with E-state index in [9.17, 15) is 9.59 Å². The fraction of sp³-hybridized carbons (Fsp3) is 0.647. The van der Waals surface area contributed by atoms with E-state index in [1.165, 1.54) is 6.20 Å². The summed E-state index contributed by atoms with van der Waals surface area (Å²) >= 11 is 0. The molecule has 0 atom stereocenters. The molecule has 0 spiro atoms. The summed E-state index contributed by atoms with van der Waals surface area (Å²) in [7, 11) is 0. The van der Waals surface area contributed by atoms with Gasteiger partial charge in [-0.1, -0.05) is 0 Å². The highest BCUT2D eigenvalue weighted by Gasteiger charge is 2.25. The van der Waals surface area contributed by atoms with Crippen LogP contribution in [0.4, 0.5) is 10.6 Å². The van der Waals surface area contributed by atoms with Gasteiger partial charge in [0, 0.05) is 18.3 Å². The van der Waals surface area contributed by atoms with Crippen LogP contribution in [0, 0.1) is 6.92 Å². The summed E-state index contributed by atoms with van der Waals surface area (Å²) < 4.78 is 5.28. The van der Waals surface area contributed by atoms with Crippen molar-refractivity contribution in [3.05, 3.63) is 17.6 Å². The summed E-state index contributed by atoms with van der Waals surface area (Å²) in [5.41, 5.74) is 5.17. The van der Waals surface area contributed by atoms with Crippen molar-refractivity contribution in [1.82, 2.24) is 15.3 Å². The van der Waals surface area contributed by atoms with Crippen molar-refractivity contribution in [2.75, 3.05) is 5.32 Å². The van der Waals surface area contributed by atoms with Gasteiger partial charge in [-0.15, -0.1) is 0 Å². The number of amides is 2. The molecule has 0 saturated heterocycles. The zero-order valence-electron chi connectivity index (χ0n) is 15.3. The van der Waals surface area contributed by atoms with E-state index in [2.05, 4.69) is 20.6 Å². The Morgan fingerprint density at radius 3 is 2.36 bits per heavy atom. The lowest BCUT2D eigenvalue weighted by molar-refractivity contribution is 0.0492. The van der Waals surface area contributed by atoms with Crippen LogP contribution in [0.3, 0.4) is 0 Å². The SMILES string of the molecule is Cc1ncc(C(N)=O)c(NC2CCC(NC(=O)OC(C)(C)C)CC2)n1. The third kappa shape index (κ3) is 5.88. The number of ether oxygens (including phenoxy) is 1. The van der Waals surface area contributed by atoms with Gasteiger partial charge in [0.05, 0.1) is 5.56 Å². The predicted molar refractivity (Wildman–Crippen MR) is 94.3 cm³/mol. The number of carbonyl (C=O) groups excluding carboxylic acids is 2. The number of nitrogens with two attached hydrogens (primary N) is 1. The van der Waals surface area contributed by atoms with Crippen molar-refractivity contribution < 1.29 is 14.3 Å². The van der Waals surface area contributed by atoms with E-state index in [1.54, 1.807) is 6.92 Å². The number of aromatic nitrogens is 2. The maximum Gasteiger partial charge on any atom is 0.407 e. The molecule has 0 radical (unpaired) electrons. The first-order chi connectivity index (χ1) is 11.6. The van der Waals surface area contributed by atoms with Gasteiger partial charge in [-0.25, -0.2) is 14.8 Å². The van der Waals surface area contributed by atoms with Crippen LogP contribution >= 0.6 is 0 Å². The number of rotatable bonds is 4. The molecule has 0 aliphatic heterocycles. The number of nitrogens with zero attached hydrogens (tertiary/aromatic N) is 2. The van der Waals surface area contributed by atoms with Crippen molar-refractivity contribution in [1.29, 1.82) is 0 Å². The minimum absolute atomic E-state index is 0.0932. The van der Waals surface area contributed by atoms with Crippen LogP contribution in [0.25, 0.3) is 0 Å². The Hall–Kier alpha value is -2.38. The third-order valence-electron chi connectivity index (χ3n) is 3.96. The number of alkyl carbamates (subject to hydrolysis) is 1. The lowest BCUT2D eigenvalue weighted by atomic mass is 9.91. The summed E-state index contributed by atoms with van der Waals surface area (Å²) in [4.78, 5) is 31.6. The van der Waals surface area contributed by atoms with Gasteiger partial charge < -0.3 is 21.1 Å². The number of hydrogen-bond acceptors (Lipinski definition) is 6. The molecule has 8 heteroatoms. The van der Waals surface area contributed by atoms with Gasteiger partial charge in [0.15, 0.2) is 0 Å². The molecule has 4 N–H and O–H groups in total. The zero-order chi connectivity index (χ0) is 18.6. The molecule has 25 heavy (non-hydrogen) atoms. The number of anilines is 1. The quantitative estimate of drug-likeness (QED) is 0.766. The Bertz CT molecular complexity index is 634. The smallest absolute Gasteiger partial charge is 0.407 e. The number of hydrogen-bond donors (Lipinski definition) is 3. The first-order valence-electron chi connectivity index (χ1n) is 8.53. The molecule has 138 valence electrons. The van der Waals surface area contributed by atoms with Crippen molar-refractivity contribution in [2.45, 2.75) is 71.1 Å². The number of aryl methyl sites for hydroxylation is 1. The van der Waals surface area contributed by atoms with E-state index in [0.29, 0.717) is 17.2 Å². The molecule has 1 aliphatic carbocycles. The van der Waals surface area contributed by atoms with Crippen LogP contribution in [-0.4, -0.2) is 39.7 Å². The van der Waals surface area contributed by atoms with Crippen molar-refractivity contribution in [2.24, 2.45) is 5.73 Å². The van der Waals surface area contributed by atoms with Crippen molar-refractivity contribution in [3.8, 4) is 0 Å². The molecule has 1 aromatic rings. The largest absolute Gasteiger partial charge is 0.444 e. The lowest BCUT2D eigenvalue weighted by Gasteiger charge is -2.31. The summed E-state index contributed by atoms with van der Waals surface area (Å²) in [6.45, 7) is 7.28. The number of nitrogens with one attached hydrogen (secondary N) is 2. The van der Waals surface area contributed by atoms with Crippen molar-refractivity contribution in [3.63, 3.8) is 0 Å². The monoisotopic (exact) mass is 349 g/mol. The van der Waals surface area contributed by atoms with Crippen LogP contribution in [0.5, 0.6) is 0 Å². The molecule has 2 amide bonds. The van der Waals surface area contributed by atoms with E-state index in [4.69, 9.17) is 10.5 Å². The van der Waals surface area contributed by atoms with E-state index in [-0.39, 0.29) is 18.2 Å². The molecular formula is C17H27N5O3. The second-order valence-corrected chi connectivity index (χ2v) is 7.38. The summed E-state index contributed by atoms with van der Waals surface area (Å²) in [5.74, 6) is 0.499. The Labute approximate surface area is 147 Å². The van der Waals surface area contributed by atoms with Crippen LogP contribution in [-0.2, 0) is 4.74 Å². The highest BCUT2D eigenvalue weighted by Crippen LogP contribution is 2.23. The molecule has 1 aliphatic rings. The normalized spacial score (nSPS) is 20.6. The third-order valence-corrected chi connectivity index (χ3v) is 3.96. The van der Waals surface area contributed by atoms with Gasteiger partial charge in [0.25, 0.3) is 5.91 Å². The Kier molecular flexibility index (Phi) is 5.81. The van der Waals surface area contributed by atoms with E-state index < -0.39 is 11.5 Å². The van der Waals surface area contributed by atoms with Gasteiger partial charge >= 0.3 is 6.09 Å². The average Bonchev–Trinajstić information content (AvgIpc) is 2.47. The number of carbonyl (C=O) groups is 2. The highest BCUT2D eigenvalue weighted by atomic mass is 16.6.